The Morgan fingerprint density at radius 2 is 1.26 bits per heavy atom. The maximum absolute atomic E-state index is 13.3. The number of Topliss-reactive ketones (excluding diaryl/α,β-unsaturated/α-hetero) is 2. The number of ether oxygens (including phenoxy) is 1. The number of nitrogens with zero attached hydrogens (tertiary/aromatic N) is 1. The number of allylic oxidation sites excluding steroid dienone is 4. The van der Waals surface area contributed by atoms with Gasteiger partial charge in [-0.25, -0.2) is 4.79 Å². The van der Waals surface area contributed by atoms with Gasteiger partial charge in [0.2, 0.25) is 0 Å². The van der Waals surface area contributed by atoms with Gasteiger partial charge in [0.15, 0.2) is 11.6 Å². The number of hydrogen-bond acceptors (Lipinski definition) is 4. The van der Waals surface area contributed by atoms with Crippen LogP contribution in [0.1, 0.15) is 73.8 Å². The normalized spacial score (nSPS) is 16.0. The molecule has 1 aliphatic rings. The largest absolute Gasteiger partial charge is 0.449 e. The van der Waals surface area contributed by atoms with E-state index in [1.54, 1.807) is 6.92 Å². The van der Waals surface area contributed by atoms with E-state index in [1.165, 1.54) is 18.7 Å². The quantitative estimate of drug-likeness (QED) is 0.592. The molecule has 0 unspecified atom stereocenters. The van der Waals surface area contributed by atoms with Crippen molar-refractivity contribution in [3.8, 4) is 0 Å². The topological polar surface area (TPSA) is 63.7 Å². The zero-order valence-electron chi connectivity index (χ0n) is 20.3. The lowest BCUT2D eigenvalue weighted by Gasteiger charge is -2.46. The van der Waals surface area contributed by atoms with Crippen LogP contribution in [0.2, 0.25) is 0 Å². The Morgan fingerprint density at radius 1 is 0.839 bits per heavy atom. The number of carbonyl (C=O) groups is 3. The molecule has 2 rings (SSSR count). The SMILES string of the molecule is CCOC(=O)N1C(C(C)(C)C)=C(C(C)=O)C(c2ccccc2)C(C(C)=O)=C1C(C)(C)C. The summed E-state index contributed by atoms with van der Waals surface area (Å²) >= 11 is 0. The van der Waals surface area contributed by atoms with Crippen molar-refractivity contribution >= 4 is 17.7 Å². The predicted molar refractivity (Wildman–Crippen MR) is 122 cm³/mol. The van der Waals surface area contributed by atoms with E-state index in [9.17, 15) is 14.4 Å². The molecule has 1 aromatic rings. The van der Waals surface area contributed by atoms with Crippen LogP contribution in [0.15, 0.2) is 52.9 Å². The van der Waals surface area contributed by atoms with E-state index in [1.807, 2.05) is 71.9 Å². The summed E-state index contributed by atoms with van der Waals surface area (Å²) in [4.78, 5) is 41.0. The lowest BCUT2D eigenvalue weighted by atomic mass is 9.69. The van der Waals surface area contributed by atoms with Gasteiger partial charge in [0.05, 0.1) is 6.61 Å². The second-order valence-electron chi connectivity index (χ2n) is 10.0. The van der Waals surface area contributed by atoms with Gasteiger partial charge in [-0.05, 0) is 26.3 Å². The van der Waals surface area contributed by atoms with Crippen LogP contribution >= 0.6 is 0 Å². The predicted octanol–water partition coefficient (Wildman–Crippen LogP) is 6.02. The van der Waals surface area contributed by atoms with Crippen molar-refractivity contribution in [2.75, 3.05) is 6.61 Å². The van der Waals surface area contributed by atoms with E-state index in [0.717, 1.165) is 5.56 Å². The van der Waals surface area contributed by atoms with Crippen LogP contribution in [0.5, 0.6) is 0 Å². The second-order valence-corrected chi connectivity index (χ2v) is 10.0. The Labute approximate surface area is 186 Å². The number of ketones is 2. The van der Waals surface area contributed by atoms with Crippen LogP contribution in [-0.4, -0.2) is 29.2 Å². The molecule has 0 fully saturated rings. The molecule has 0 aromatic heterocycles. The highest BCUT2D eigenvalue weighted by molar-refractivity contribution is 6.05. The second kappa shape index (κ2) is 8.81. The maximum atomic E-state index is 13.3. The fourth-order valence-corrected chi connectivity index (χ4v) is 4.34. The zero-order valence-corrected chi connectivity index (χ0v) is 20.3. The lowest BCUT2D eigenvalue weighted by molar-refractivity contribution is -0.114. The number of benzene rings is 1. The molecule has 31 heavy (non-hydrogen) atoms. The molecule has 0 N–H and O–H groups in total. The average molecular weight is 426 g/mol. The number of amides is 1. The molecule has 168 valence electrons. The van der Waals surface area contributed by atoms with Crippen molar-refractivity contribution in [1.29, 1.82) is 0 Å². The third-order valence-corrected chi connectivity index (χ3v) is 5.30. The molecule has 5 nitrogen and oxygen atoms in total. The first-order valence-corrected chi connectivity index (χ1v) is 10.8. The van der Waals surface area contributed by atoms with E-state index < -0.39 is 22.8 Å². The average Bonchev–Trinajstić information content (AvgIpc) is 2.64. The molecular formula is C26H35NO4. The van der Waals surface area contributed by atoms with Gasteiger partial charge in [-0.15, -0.1) is 0 Å². The smallest absolute Gasteiger partial charge is 0.418 e. The summed E-state index contributed by atoms with van der Waals surface area (Å²) in [5.74, 6) is -0.884. The molecule has 1 amide bonds. The Morgan fingerprint density at radius 3 is 1.58 bits per heavy atom. The maximum Gasteiger partial charge on any atom is 0.418 e. The van der Waals surface area contributed by atoms with E-state index >= 15 is 0 Å². The van der Waals surface area contributed by atoms with Crippen molar-refractivity contribution in [3.63, 3.8) is 0 Å². The zero-order chi connectivity index (χ0) is 23.7. The van der Waals surface area contributed by atoms with Gasteiger partial charge >= 0.3 is 6.09 Å². The molecule has 0 saturated heterocycles. The van der Waals surface area contributed by atoms with Crippen LogP contribution in [0.25, 0.3) is 0 Å². The van der Waals surface area contributed by atoms with Crippen LogP contribution < -0.4 is 0 Å². The van der Waals surface area contributed by atoms with Gasteiger partial charge < -0.3 is 4.74 Å². The van der Waals surface area contributed by atoms with Crippen molar-refractivity contribution in [2.45, 2.75) is 68.2 Å². The first kappa shape index (κ1) is 24.6. The summed E-state index contributed by atoms with van der Waals surface area (Å²) in [6.07, 6.45) is -0.568. The van der Waals surface area contributed by atoms with Crippen LogP contribution in [0.3, 0.4) is 0 Å². The number of rotatable bonds is 4. The lowest BCUT2D eigenvalue weighted by Crippen LogP contribution is -2.46. The van der Waals surface area contributed by atoms with E-state index in [4.69, 9.17) is 4.74 Å². The Bertz CT molecular complexity index is 890. The summed E-state index contributed by atoms with van der Waals surface area (Å²) in [7, 11) is 0. The van der Waals surface area contributed by atoms with Crippen molar-refractivity contribution in [3.05, 3.63) is 58.4 Å². The van der Waals surface area contributed by atoms with Gasteiger partial charge in [-0.1, -0.05) is 71.9 Å². The summed E-state index contributed by atoms with van der Waals surface area (Å²) in [6, 6.07) is 9.56. The third-order valence-electron chi connectivity index (χ3n) is 5.30. The third kappa shape index (κ3) is 4.81. The summed E-state index contributed by atoms with van der Waals surface area (Å²) in [6.45, 7) is 16.8. The van der Waals surface area contributed by atoms with Gasteiger partial charge in [0.25, 0.3) is 0 Å². The first-order valence-electron chi connectivity index (χ1n) is 10.8. The molecule has 0 radical (unpaired) electrons. The van der Waals surface area contributed by atoms with E-state index in [-0.39, 0.29) is 18.2 Å². The number of carbonyl (C=O) groups excluding carboxylic acids is 3. The van der Waals surface area contributed by atoms with Crippen molar-refractivity contribution in [1.82, 2.24) is 4.90 Å². The fraction of sp³-hybridized carbons (Fsp3) is 0.500. The van der Waals surface area contributed by atoms with Gasteiger partial charge in [0.1, 0.15) is 0 Å². The Balaban J connectivity index is 3.12. The van der Waals surface area contributed by atoms with E-state index in [2.05, 4.69) is 0 Å². The molecule has 0 saturated carbocycles. The number of hydrogen-bond donors (Lipinski definition) is 0. The highest BCUT2D eigenvalue weighted by atomic mass is 16.6. The highest BCUT2D eigenvalue weighted by Gasteiger charge is 2.48. The van der Waals surface area contributed by atoms with E-state index in [0.29, 0.717) is 22.5 Å². The van der Waals surface area contributed by atoms with Crippen LogP contribution in [-0.2, 0) is 14.3 Å². The standard InChI is InChI=1S/C26H35NO4/c1-10-31-24(30)27-22(25(4,5)6)19(16(2)28)21(18-14-12-11-13-15-18)20(17(3)29)23(27)26(7,8)9/h11-15,21H,10H2,1-9H3. The minimum atomic E-state index is -0.568. The summed E-state index contributed by atoms with van der Waals surface area (Å²) < 4.78 is 5.43. The van der Waals surface area contributed by atoms with Crippen molar-refractivity contribution < 1.29 is 19.1 Å². The molecule has 0 aliphatic carbocycles. The van der Waals surface area contributed by atoms with Crippen LogP contribution in [0.4, 0.5) is 4.79 Å². The van der Waals surface area contributed by atoms with Gasteiger partial charge in [-0.2, -0.15) is 0 Å². The molecule has 1 heterocycles. The van der Waals surface area contributed by atoms with Gasteiger partial charge in [0, 0.05) is 39.3 Å². The van der Waals surface area contributed by atoms with Crippen LogP contribution in [0, 0.1) is 10.8 Å². The molecule has 1 aliphatic heterocycles. The summed E-state index contributed by atoms with van der Waals surface area (Å²) in [5.41, 5.74) is 1.84. The highest BCUT2D eigenvalue weighted by Crippen LogP contribution is 2.51. The molecule has 0 spiro atoms. The first-order chi connectivity index (χ1) is 14.2. The Kier molecular flexibility index (Phi) is 6.99. The molecule has 1 aromatic carbocycles. The molecule has 0 bridgehead atoms. The minimum Gasteiger partial charge on any atom is -0.449 e. The van der Waals surface area contributed by atoms with Gasteiger partial charge in [-0.3, -0.25) is 14.5 Å². The monoisotopic (exact) mass is 425 g/mol. The Hall–Kier alpha value is -2.69. The summed E-state index contributed by atoms with van der Waals surface area (Å²) in [5, 5.41) is 0. The minimum absolute atomic E-state index is 0.167. The van der Waals surface area contributed by atoms with Crippen molar-refractivity contribution in [2.24, 2.45) is 10.8 Å². The molecule has 0 atom stereocenters. The fourth-order valence-electron chi connectivity index (χ4n) is 4.34. The molecule has 5 heteroatoms. The molecular weight excluding hydrogens is 390 g/mol.